The van der Waals surface area contributed by atoms with Gasteiger partial charge in [0.05, 0.1) is 5.41 Å². The molecule has 0 saturated carbocycles. The van der Waals surface area contributed by atoms with Crippen LogP contribution in [0.2, 0.25) is 0 Å². The maximum atomic E-state index is 13.2. The van der Waals surface area contributed by atoms with Crippen LogP contribution >= 0.6 is 0 Å². The molecular weight excluding hydrogens is 576 g/mol. The molecule has 2 aliphatic heterocycles. The lowest BCUT2D eigenvalue weighted by molar-refractivity contribution is -0.173. The Morgan fingerprint density at radius 1 is 0.844 bits per heavy atom. The van der Waals surface area contributed by atoms with E-state index < -0.39 is 23.4 Å². The number of alkyl carbamates (subject to hydrolysis) is 1. The number of rotatable bonds is 9. The lowest BCUT2D eigenvalue weighted by atomic mass is 9.90. The zero-order valence-corrected chi connectivity index (χ0v) is 26.4. The molecule has 45 heavy (non-hydrogen) atoms. The molecule has 2 N–H and O–H groups in total. The first-order valence-electron chi connectivity index (χ1n) is 15.5. The van der Waals surface area contributed by atoms with E-state index in [1.165, 1.54) is 0 Å². The van der Waals surface area contributed by atoms with Gasteiger partial charge in [0.15, 0.2) is 0 Å². The normalized spacial score (nSPS) is 16.1. The fourth-order valence-corrected chi connectivity index (χ4v) is 5.43. The van der Waals surface area contributed by atoms with Crippen LogP contribution in [-0.2, 0) is 35.2 Å². The Morgan fingerprint density at radius 2 is 1.49 bits per heavy atom. The number of nitrogens with one attached hydrogen (secondary N) is 2. The molecule has 2 fully saturated rings. The number of carbonyl (C=O) groups is 4. The van der Waals surface area contributed by atoms with E-state index in [1.807, 2.05) is 47.4 Å². The van der Waals surface area contributed by atoms with Crippen molar-refractivity contribution in [3.05, 3.63) is 65.7 Å². The molecule has 242 valence electrons. The van der Waals surface area contributed by atoms with Crippen molar-refractivity contribution in [3.63, 3.8) is 0 Å². The van der Waals surface area contributed by atoms with E-state index in [0.29, 0.717) is 18.7 Å². The Bertz CT molecular complexity index is 1320. The molecule has 11 heteroatoms. The second-order valence-electron chi connectivity index (χ2n) is 12.7. The zero-order valence-electron chi connectivity index (χ0n) is 26.4. The lowest BCUT2D eigenvalue weighted by Crippen LogP contribution is -2.45. The van der Waals surface area contributed by atoms with Gasteiger partial charge in [-0.1, -0.05) is 30.3 Å². The number of ether oxygens (including phenoxy) is 3. The van der Waals surface area contributed by atoms with E-state index in [9.17, 15) is 19.2 Å². The minimum atomic E-state index is -0.678. The molecule has 0 spiro atoms. The first kappa shape index (κ1) is 33.5. The summed E-state index contributed by atoms with van der Waals surface area (Å²) in [7, 11) is 0. The summed E-state index contributed by atoms with van der Waals surface area (Å²) >= 11 is 0. The van der Waals surface area contributed by atoms with Crippen molar-refractivity contribution < 1.29 is 33.4 Å². The van der Waals surface area contributed by atoms with E-state index in [0.717, 1.165) is 50.0 Å². The SMILES string of the molecule is CC(C)(C)C(=O)OCOC(=O)CC1CCN(C(=O)C2CCN(c3ccc(C(=N)NC(=O)OCc4ccccc4)cc3)CC2)CC1. The number of piperidine rings is 2. The summed E-state index contributed by atoms with van der Waals surface area (Å²) < 4.78 is 15.3. The number of esters is 2. The third-order valence-electron chi connectivity index (χ3n) is 8.21. The van der Waals surface area contributed by atoms with Gasteiger partial charge in [-0.3, -0.25) is 25.1 Å². The Morgan fingerprint density at radius 3 is 2.11 bits per heavy atom. The molecule has 2 aromatic rings. The zero-order chi connectivity index (χ0) is 32.4. The fraction of sp³-hybridized carbons (Fsp3) is 0.500. The highest BCUT2D eigenvalue weighted by molar-refractivity contribution is 6.04. The summed E-state index contributed by atoms with van der Waals surface area (Å²) in [5.74, 6) is -0.558. The van der Waals surface area contributed by atoms with Gasteiger partial charge >= 0.3 is 18.0 Å². The van der Waals surface area contributed by atoms with Gasteiger partial charge in [0, 0.05) is 49.8 Å². The van der Waals surface area contributed by atoms with E-state index in [1.54, 1.807) is 32.9 Å². The third-order valence-corrected chi connectivity index (χ3v) is 8.21. The predicted molar refractivity (Wildman–Crippen MR) is 168 cm³/mol. The van der Waals surface area contributed by atoms with E-state index in [4.69, 9.17) is 19.6 Å². The van der Waals surface area contributed by atoms with Crippen LogP contribution in [0.5, 0.6) is 0 Å². The minimum absolute atomic E-state index is 0.0289. The highest BCUT2D eigenvalue weighted by Crippen LogP contribution is 2.28. The van der Waals surface area contributed by atoms with Crippen LogP contribution in [0.25, 0.3) is 0 Å². The fourth-order valence-electron chi connectivity index (χ4n) is 5.43. The highest BCUT2D eigenvalue weighted by Gasteiger charge is 2.32. The number of amidine groups is 1. The summed E-state index contributed by atoms with van der Waals surface area (Å²) in [6.07, 6.45) is 2.56. The average Bonchev–Trinajstić information content (AvgIpc) is 3.04. The molecule has 0 unspecified atom stereocenters. The maximum Gasteiger partial charge on any atom is 0.413 e. The summed E-state index contributed by atoms with van der Waals surface area (Å²) in [4.78, 5) is 53.5. The predicted octanol–water partition coefficient (Wildman–Crippen LogP) is 4.87. The summed E-state index contributed by atoms with van der Waals surface area (Å²) in [5.41, 5.74) is 1.79. The Hall–Kier alpha value is -4.41. The molecule has 11 nitrogen and oxygen atoms in total. The topological polar surface area (TPSA) is 138 Å². The van der Waals surface area contributed by atoms with Gasteiger partial charge in [-0.2, -0.15) is 0 Å². The monoisotopic (exact) mass is 620 g/mol. The molecule has 2 heterocycles. The number of nitrogens with zero attached hydrogens (tertiary/aromatic N) is 2. The quantitative estimate of drug-likeness (QED) is 0.175. The van der Waals surface area contributed by atoms with Crippen LogP contribution in [0.4, 0.5) is 10.5 Å². The molecule has 0 radical (unpaired) electrons. The number of hydrogen-bond donors (Lipinski definition) is 2. The van der Waals surface area contributed by atoms with Crippen molar-refractivity contribution in [2.24, 2.45) is 17.3 Å². The van der Waals surface area contributed by atoms with Crippen molar-refractivity contribution in [1.29, 1.82) is 5.41 Å². The highest BCUT2D eigenvalue weighted by atomic mass is 16.7. The summed E-state index contributed by atoms with van der Waals surface area (Å²) in [6.45, 7) is 7.71. The molecular formula is C34H44N4O7. The number of anilines is 1. The summed E-state index contributed by atoms with van der Waals surface area (Å²) in [6, 6.07) is 16.8. The maximum absolute atomic E-state index is 13.2. The molecule has 2 aromatic carbocycles. The van der Waals surface area contributed by atoms with Crippen LogP contribution in [-0.4, -0.2) is 67.6 Å². The van der Waals surface area contributed by atoms with Crippen molar-refractivity contribution in [1.82, 2.24) is 10.2 Å². The molecule has 0 bridgehead atoms. The Labute approximate surface area is 264 Å². The van der Waals surface area contributed by atoms with E-state index >= 15 is 0 Å². The largest absolute Gasteiger partial charge is 0.444 e. The third kappa shape index (κ3) is 10.1. The van der Waals surface area contributed by atoms with Gasteiger partial charge in [0.1, 0.15) is 12.4 Å². The van der Waals surface area contributed by atoms with Gasteiger partial charge in [0.2, 0.25) is 12.7 Å². The van der Waals surface area contributed by atoms with Crippen molar-refractivity contribution >= 4 is 35.5 Å². The van der Waals surface area contributed by atoms with Crippen LogP contribution < -0.4 is 10.2 Å². The first-order chi connectivity index (χ1) is 21.5. The molecule has 2 saturated heterocycles. The van der Waals surface area contributed by atoms with Crippen LogP contribution in [0, 0.1) is 22.7 Å². The van der Waals surface area contributed by atoms with E-state index in [2.05, 4.69) is 10.2 Å². The Kier molecular flexibility index (Phi) is 11.6. The molecule has 2 aliphatic rings. The molecule has 0 aliphatic carbocycles. The number of carbonyl (C=O) groups excluding carboxylic acids is 4. The van der Waals surface area contributed by atoms with Gasteiger partial charge in [-0.05, 0) is 82.2 Å². The second kappa shape index (κ2) is 15.5. The molecule has 4 rings (SSSR count). The van der Waals surface area contributed by atoms with E-state index in [-0.39, 0.29) is 43.4 Å². The van der Waals surface area contributed by atoms with Crippen molar-refractivity contribution in [2.75, 3.05) is 37.9 Å². The number of likely N-dealkylation sites (tertiary alicyclic amines) is 1. The first-order valence-corrected chi connectivity index (χ1v) is 15.5. The summed E-state index contributed by atoms with van der Waals surface area (Å²) in [5, 5.41) is 10.7. The number of hydrogen-bond acceptors (Lipinski definition) is 9. The smallest absolute Gasteiger partial charge is 0.413 e. The average molecular weight is 621 g/mol. The lowest BCUT2D eigenvalue weighted by Gasteiger charge is -2.38. The molecule has 0 aromatic heterocycles. The van der Waals surface area contributed by atoms with Crippen LogP contribution in [0.1, 0.15) is 64.0 Å². The Balaban J connectivity index is 1.14. The van der Waals surface area contributed by atoms with Gasteiger partial charge in [0.25, 0.3) is 0 Å². The molecule has 0 atom stereocenters. The standard InChI is InChI=1S/C34H44N4O7/c1-34(2,3)32(41)45-23-44-29(39)21-24-13-17-38(18-14-24)31(40)27-15-19-37(20-16-27)28-11-9-26(10-12-28)30(35)36-33(42)43-22-25-7-5-4-6-8-25/h4-12,24,27H,13-23H2,1-3H3,(H2,35,36,42). The minimum Gasteiger partial charge on any atom is -0.444 e. The van der Waals surface area contributed by atoms with Crippen LogP contribution in [0.3, 0.4) is 0 Å². The van der Waals surface area contributed by atoms with Crippen LogP contribution in [0.15, 0.2) is 54.6 Å². The molecule has 2 amide bonds. The second-order valence-corrected chi connectivity index (χ2v) is 12.7. The van der Waals surface area contributed by atoms with Gasteiger partial charge < -0.3 is 24.0 Å². The number of benzene rings is 2. The number of amides is 2. The van der Waals surface area contributed by atoms with Gasteiger partial charge in [-0.25, -0.2) is 4.79 Å². The van der Waals surface area contributed by atoms with Crippen molar-refractivity contribution in [2.45, 2.75) is 59.5 Å². The van der Waals surface area contributed by atoms with Gasteiger partial charge in [-0.15, -0.1) is 0 Å². The van der Waals surface area contributed by atoms with Crippen molar-refractivity contribution in [3.8, 4) is 0 Å².